The summed E-state index contributed by atoms with van der Waals surface area (Å²) < 4.78 is 36.1. The van der Waals surface area contributed by atoms with Crippen molar-refractivity contribution < 1.29 is 12.8 Å². The van der Waals surface area contributed by atoms with Crippen LogP contribution in [0.25, 0.3) is 11.1 Å². The van der Waals surface area contributed by atoms with E-state index in [1.165, 1.54) is 18.2 Å². The number of hydrogen-bond acceptors (Lipinski definition) is 2. The molecule has 0 saturated heterocycles. The zero-order valence-electron chi connectivity index (χ0n) is 9.44. The van der Waals surface area contributed by atoms with Crippen LogP contribution < -0.4 is 0 Å². The topological polar surface area (TPSA) is 34.1 Å². The van der Waals surface area contributed by atoms with Crippen molar-refractivity contribution in [2.75, 3.05) is 6.26 Å². The van der Waals surface area contributed by atoms with Crippen molar-refractivity contribution in [2.45, 2.75) is 4.90 Å². The van der Waals surface area contributed by atoms with Crippen molar-refractivity contribution in [1.29, 1.82) is 0 Å². The summed E-state index contributed by atoms with van der Waals surface area (Å²) in [6, 6.07) is 11.9. The first-order valence-electron chi connectivity index (χ1n) is 5.06. The molecule has 0 spiro atoms. The molecule has 0 amide bonds. The highest BCUT2D eigenvalue weighted by molar-refractivity contribution is 9.10. The zero-order valence-corrected chi connectivity index (χ0v) is 11.8. The third-order valence-electron chi connectivity index (χ3n) is 2.43. The van der Waals surface area contributed by atoms with Crippen molar-refractivity contribution in [3.63, 3.8) is 0 Å². The van der Waals surface area contributed by atoms with E-state index in [9.17, 15) is 12.8 Å². The standard InChI is InChI=1S/C13H9BrFO2S/c1-18(16,17)11-6-7-12(13(14)8-11)9-2-4-10(15)5-3-9/h2-7H,1H3. The summed E-state index contributed by atoms with van der Waals surface area (Å²) in [5.41, 5.74) is 1.56. The quantitative estimate of drug-likeness (QED) is 0.846. The average Bonchev–Trinajstić information content (AvgIpc) is 2.29. The van der Waals surface area contributed by atoms with E-state index < -0.39 is 9.84 Å². The molecule has 0 fully saturated rings. The van der Waals surface area contributed by atoms with E-state index in [1.807, 2.05) is 0 Å². The van der Waals surface area contributed by atoms with E-state index >= 15 is 0 Å². The minimum Gasteiger partial charge on any atom is -0.224 e. The maximum atomic E-state index is 12.8. The molecule has 0 aliphatic heterocycles. The molecule has 0 aliphatic carbocycles. The molecule has 0 N–H and O–H groups in total. The lowest BCUT2D eigenvalue weighted by Crippen LogP contribution is -1.97. The fraction of sp³-hybridized carbons (Fsp3) is 0.0769. The summed E-state index contributed by atoms with van der Waals surface area (Å²) in [5.74, 6) is -0.313. The fourth-order valence-electron chi connectivity index (χ4n) is 1.52. The molecule has 18 heavy (non-hydrogen) atoms. The van der Waals surface area contributed by atoms with E-state index in [0.29, 0.717) is 4.47 Å². The minimum absolute atomic E-state index is 0.125. The Balaban J connectivity index is 2.51. The summed E-state index contributed by atoms with van der Waals surface area (Å²) in [4.78, 5) is 0.125. The molecule has 0 aliphatic rings. The first-order valence-corrected chi connectivity index (χ1v) is 7.74. The summed E-state index contributed by atoms with van der Waals surface area (Å²) in [7, 11) is -3.28. The summed E-state index contributed by atoms with van der Waals surface area (Å²) in [6.45, 7) is 0. The lowest BCUT2D eigenvalue weighted by molar-refractivity contribution is 0.601. The Bertz CT molecular complexity index is 679. The van der Waals surface area contributed by atoms with Gasteiger partial charge in [0.2, 0.25) is 0 Å². The van der Waals surface area contributed by atoms with Gasteiger partial charge in [-0.1, -0.05) is 18.2 Å². The van der Waals surface area contributed by atoms with Crippen LogP contribution in [0.4, 0.5) is 4.39 Å². The molecule has 93 valence electrons. The Morgan fingerprint density at radius 1 is 1.11 bits per heavy atom. The van der Waals surface area contributed by atoms with Crippen molar-refractivity contribution in [1.82, 2.24) is 0 Å². The van der Waals surface area contributed by atoms with Crippen LogP contribution in [-0.2, 0) is 9.84 Å². The Morgan fingerprint density at radius 3 is 2.22 bits per heavy atom. The van der Waals surface area contributed by atoms with Crippen molar-refractivity contribution in [3.8, 4) is 11.1 Å². The Labute approximate surface area is 114 Å². The fourth-order valence-corrected chi connectivity index (χ4v) is 2.83. The predicted octanol–water partition coefficient (Wildman–Crippen LogP) is 3.46. The molecule has 0 atom stereocenters. The van der Waals surface area contributed by atoms with E-state index in [1.54, 1.807) is 18.2 Å². The SMILES string of the molecule is CS(=O)(=O)c1[c]c(Br)c(-c2ccc(F)cc2)cc1. The normalized spacial score (nSPS) is 11.5. The smallest absolute Gasteiger partial charge is 0.176 e. The second kappa shape index (κ2) is 4.82. The first-order chi connectivity index (χ1) is 8.38. The lowest BCUT2D eigenvalue weighted by Gasteiger charge is -2.06. The third-order valence-corrected chi connectivity index (χ3v) is 4.09. The van der Waals surface area contributed by atoms with Gasteiger partial charge in [0.05, 0.1) is 4.90 Å². The highest BCUT2D eigenvalue weighted by Gasteiger charge is 2.11. The zero-order chi connectivity index (χ0) is 13.3. The maximum absolute atomic E-state index is 12.8. The van der Waals surface area contributed by atoms with Gasteiger partial charge < -0.3 is 0 Å². The first kappa shape index (κ1) is 13.2. The van der Waals surface area contributed by atoms with Crippen LogP contribution in [0.2, 0.25) is 0 Å². The van der Waals surface area contributed by atoms with Gasteiger partial charge in [-0.25, -0.2) is 12.8 Å². The molecule has 0 bridgehead atoms. The van der Waals surface area contributed by atoms with E-state index in [2.05, 4.69) is 22.0 Å². The van der Waals surface area contributed by atoms with Crippen LogP contribution >= 0.6 is 15.9 Å². The second-order valence-electron chi connectivity index (χ2n) is 3.83. The minimum atomic E-state index is -3.28. The van der Waals surface area contributed by atoms with Gasteiger partial charge in [0.1, 0.15) is 5.82 Å². The second-order valence-corrected chi connectivity index (χ2v) is 6.61. The Morgan fingerprint density at radius 2 is 1.72 bits per heavy atom. The van der Waals surface area contributed by atoms with Gasteiger partial charge >= 0.3 is 0 Å². The van der Waals surface area contributed by atoms with Crippen molar-refractivity contribution >= 4 is 25.8 Å². The largest absolute Gasteiger partial charge is 0.224 e. The van der Waals surface area contributed by atoms with Crippen LogP contribution in [0, 0.1) is 11.9 Å². The summed E-state index contributed by atoms with van der Waals surface area (Å²) in [5, 5.41) is 0. The van der Waals surface area contributed by atoms with Gasteiger partial charge in [0.25, 0.3) is 0 Å². The van der Waals surface area contributed by atoms with Gasteiger partial charge in [0.15, 0.2) is 9.84 Å². The van der Waals surface area contributed by atoms with Gasteiger partial charge in [-0.15, -0.1) is 0 Å². The number of hydrogen-bond donors (Lipinski definition) is 0. The Hall–Kier alpha value is -1.20. The van der Waals surface area contributed by atoms with Crippen LogP contribution in [0.1, 0.15) is 0 Å². The summed E-state index contributed by atoms with van der Waals surface area (Å²) >= 11 is 3.28. The molecule has 0 aromatic heterocycles. The van der Waals surface area contributed by atoms with E-state index in [0.717, 1.165) is 17.4 Å². The highest BCUT2D eigenvalue weighted by Crippen LogP contribution is 2.29. The molecular weight excluding hydrogens is 319 g/mol. The summed E-state index contributed by atoms with van der Waals surface area (Å²) in [6.07, 6.45) is 1.13. The van der Waals surface area contributed by atoms with Crippen LogP contribution in [0.15, 0.2) is 45.8 Å². The molecule has 2 aromatic carbocycles. The predicted molar refractivity (Wildman–Crippen MR) is 71.5 cm³/mol. The van der Waals surface area contributed by atoms with Crippen LogP contribution in [0.5, 0.6) is 0 Å². The van der Waals surface area contributed by atoms with Crippen LogP contribution in [-0.4, -0.2) is 14.7 Å². The molecule has 0 saturated carbocycles. The van der Waals surface area contributed by atoms with Crippen molar-refractivity contribution in [3.05, 3.63) is 52.8 Å². The molecule has 0 heterocycles. The molecule has 2 rings (SSSR count). The van der Waals surface area contributed by atoms with Gasteiger partial charge in [-0.3, -0.25) is 0 Å². The van der Waals surface area contributed by atoms with E-state index in [4.69, 9.17) is 0 Å². The average molecular weight is 328 g/mol. The third kappa shape index (κ3) is 2.79. The van der Waals surface area contributed by atoms with E-state index in [-0.39, 0.29) is 10.7 Å². The van der Waals surface area contributed by atoms with Crippen molar-refractivity contribution in [2.24, 2.45) is 0 Å². The molecule has 2 aromatic rings. The number of sulfone groups is 1. The molecule has 0 unspecified atom stereocenters. The molecule has 2 nitrogen and oxygen atoms in total. The highest BCUT2D eigenvalue weighted by atomic mass is 79.9. The molecular formula is C13H9BrFO2S. The van der Waals surface area contributed by atoms with Crippen LogP contribution in [0.3, 0.4) is 0 Å². The van der Waals surface area contributed by atoms with Gasteiger partial charge in [-0.2, -0.15) is 0 Å². The number of rotatable bonds is 2. The Kier molecular flexibility index (Phi) is 3.54. The number of benzene rings is 2. The molecule has 5 heteroatoms. The maximum Gasteiger partial charge on any atom is 0.176 e. The van der Waals surface area contributed by atoms with Gasteiger partial charge in [-0.05, 0) is 45.3 Å². The number of halogens is 2. The lowest BCUT2D eigenvalue weighted by atomic mass is 10.1. The van der Waals surface area contributed by atoms with Gasteiger partial charge in [0, 0.05) is 16.8 Å². The monoisotopic (exact) mass is 327 g/mol. The molecule has 1 radical (unpaired) electrons.